The molecule has 2 fully saturated rings. The maximum Gasteiger partial charge on any atom is 0.297 e. The lowest BCUT2D eigenvalue weighted by molar-refractivity contribution is 0.0285. The molecule has 2 saturated heterocycles. The number of β-amino-alcohol motifs (C(OH)–C–C–N with tert-alkyl or cyclic N) is 1. The molecular weight excluding hydrogens is 510 g/mol. The van der Waals surface area contributed by atoms with E-state index in [1.807, 2.05) is 11.0 Å². The molecule has 0 bridgehead atoms. The van der Waals surface area contributed by atoms with Crippen LogP contribution in [0.3, 0.4) is 0 Å². The number of benzene rings is 2. The summed E-state index contributed by atoms with van der Waals surface area (Å²) in [6, 6.07) is 6.27. The fourth-order valence-electron chi connectivity index (χ4n) is 6.61. The topological polar surface area (TPSA) is 52.7 Å². The standard InChI is InChI=1S/C30H31F4N3O2/c1-18-16-36(9-6-30(18)5-2-20-12-25(33)26(34)14-24(20)30)17-27(38)19-3-7-37(8-4-19)29-35-15-28(39-29)21-10-22(31)13-23(32)11-21/h2,5,10-15,18-19,27,38H,3-4,6-9,16-17H2,1H3. The number of likely N-dealkylation sites (tertiary alicyclic amines) is 1. The third-order valence-corrected chi connectivity index (χ3v) is 8.85. The van der Waals surface area contributed by atoms with E-state index in [9.17, 15) is 22.7 Å². The molecule has 9 heteroatoms. The molecule has 3 heterocycles. The molecule has 0 radical (unpaired) electrons. The molecule has 1 spiro atoms. The number of anilines is 1. The Balaban J connectivity index is 1.03. The summed E-state index contributed by atoms with van der Waals surface area (Å²) in [6.45, 7) is 5.54. The minimum Gasteiger partial charge on any atom is -0.423 e. The Morgan fingerprint density at radius 2 is 1.74 bits per heavy atom. The molecule has 3 atom stereocenters. The van der Waals surface area contributed by atoms with Crippen molar-refractivity contribution in [1.29, 1.82) is 0 Å². The second-order valence-electron chi connectivity index (χ2n) is 11.2. The van der Waals surface area contributed by atoms with E-state index in [1.165, 1.54) is 30.5 Å². The summed E-state index contributed by atoms with van der Waals surface area (Å²) in [5.74, 6) is -2.36. The Labute approximate surface area is 224 Å². The van der Waals surface area contributed by atoms with Crippen LogP contribution in [0.4, 0.5) is 23.6 Å². The van der Waals surface area contributed by atoms with E-state index in [0.717, 1.165) is 49.5 Å². The first-order chi connectivity index (χ1) is 18.7. The van der Waals surface area contributed by atoms with Crippen molar-refractivity contribution in [2.24, 2.45) is 11.8 Å². The number of aliphatic hydroxyl groups excluding tert-OH is 1. The molecule has 0 amide bonds. The van der Waals surface area contributed by atoms with Gasteiger partial charge in [-0.25, -0.2) is 22.5 Å². The van der Waals surface area contributed by atoms with Crippen LogP contribution >= 0.6 is 0 Å². The average Bonchev–Trinajstić information content (AvgIpc) is 3.53. The molecule has 1 aliphatic carbocycles. The molecule has 5 nitrogen and oxygen atoms in total. The molecule has 206 valence electrons. The predicted molar refractivity (Wildman–Crippen MR) is 140 cm³/mol. The van der Waals surface area contributed by atoms with Crippen LogP contribution in [0.2, 0.25) is 0 Å². The van der Waals surface area contributed by atoms with E-state index < -0.39 is 29.4 Å². The molecule has 3 aromatic rings. The second-order valence-corrected chi connectivity index (χ2v) is 11.2. The number of hydrogen-bond acceptors (Lipinski definition) is 5. The molecule has 1 N–H and O–H groups in total. The van der Waals surface area contributed by atoms with Crippen molar-refractivity contribution in [2.45, 2.75) is 37.7 Å². The van der Waals surface area contributed by atoms with Crippen LogP contribution in [0, 0.1) is 35.1 Å². The van der Waals surface area contributed by atoms with Gasteiger partial charge in [-0.2, -0.15) is 0 Å². The highest BCUT2D eigenvalue weighted by Crippen LogP contribution is 2.47. The summed E-state index contributed by atoms with van der Waals surface area (Å²) in [7, 11) is 0. The van der Waals surface area contributed by atoms with Gasteiger partial charge in [-0.3, -0.25) is 0 Å². The van der Waals surface area contributed by atoms with Crippen molar-refractivity contribution >= 4 is 12.1 Å². The quantitative estimate of drug-likeness (QED) is 0.415. The summed E-state index contributed by atoms with van der Waals surface area (Å²) >= 11 is 0. The lowest BCUT2D eigenvalue weighted by Gasteiger charge is -2.45. The van der Waals surface area contributed by atoms with Crippen molar-refractivity contribution in [3.63, 3.8) is 0 Å². The third kappa shape index (κ3) is 4.87. The number of aliphatic hydroxyl groups is 1. The summed E-state index contributed by atoms with van der Waals surface area (Å²) in [6.07, 6.45) is 7.31. The molecular formula is C30H31F4N3O2. The van der Waals surface area contributed by atoms with Crippen LogP contribution in [-0.4, -0.2) is 53.8 Å². The van der Waals surface area contributed by atoms with Gasteiger partial charge in [0.2, 0.25) is 0 Å². The zero-order valence-corrected chi connectivity index (χ0v) is 21.7. The van der Waals surface area contributed by atoms with Gasteiger partial charge in [0.05, 0.1) is 12.3 Å². The third-order valence-electron chi connectivity index (χ3n) is 8.85. The Morgan fingerprint density at radius 3 is 2.46 bits per heavy atom. The SMILES string of the molecule is CC1CN(CC(O)C2CCN(c3ncc(-c4cc(F)cc(F)c4)o3)CC2)CCC12C=Cc1cc(F)c(F)cc12. The highest BCUT2D eigenvalue weighted by atomic mass is 19.2. The van der Waals surface area contributed by atoms with Gasteiger partial charge in [0.15, 0.2) is 17.4 Å². The minimum absolute atomic E-state index is 0.128. The summed E-state index contributed by atoms with van der Waals surface area (Å²) < 4.78 is 60.7. The Hall–Kier alpha value is -3.17. The van der Waals surface area contributed by atoms with Crippen LogP contribution in [0.5, 0.6) is 0 Å². The lowest BCUT2D eigenvalue weighted by atomic mass is 9.68. The van der Waals surface area contributed by atoms with Gasteiger partial charge in [-0.05, 0) is 73.0 Å². The largest absolute Gasteiger partial charge is 0.423 e. The fraction of sp³-hybridized carbons (Fsp3) is 0.433. The number of rotatable bonds is 5. The molecule has 0 saturated carbocycles. The highest BCUT2D eigenvalue weighted by Gasteiger charge is 2.44. The number of oxazole rings is 1. The fourth-order valence-corrected chi connectivity index (χ4v) is 6.61. The van der Waals surface area contributed by atoms with Crippen LogP contribution in [0.15, 0.2) is 47.0 Å². The van der Waals surface area contributed by atoms with E-state index >= 15 is 0 Å². The second kappa shape index (κ2) is 10.1. The first kappa shape index (κ1) is 26.1. The molecule has 2 aromatic carbocycles. The first-order valence-corrected chi connectivity index (χ1v) is 13.5. The van der Waals surface area contributed by atoms with E-state index in [2.05, 4.69) is 22.9 Å². The van der Waals surface area contributed by atoms with Crippen LogP contribution in [0.1, 0.15) is 37.3 Å². The van der Waals surface area contributed by atoms with Crippen molar-refractivity contribution in [3.05, 3.63) is 77.0 Å². The molecule has 39 heavy (non-hydrogen) atoms. The summed E-state index contributed by atoms with van der Waals surface area (Å²) in [5, 5.41) is 11.1. The number of halogens is 4. The normalized spacial score (nSPS) is 24.5. The van der Waals surface area contributed by atoms with E-state index in [1.54, 1.807) is 0 Å². The Kier molecular flexibility index (Phi) is 6.75. The number of aromatic nitrogens is 1. The van der Waals surface area contributed by atoms with Crippen LogP contribution in [-0.2, 0) is 5.41 Å². The van der Waals surface area contributed by atoms with Gasteiger partial charge in [-0.1, -0.05) is 19.1 Å². The summed E-state index contributed by atoms with van der Waals surface area (Å²) in [5.41, 5.74) is 1.60. The van der Waals surface area contributed by atoms with Crippen molar-refractivity contribution in [2.75, 3.05) is 37.6 Å². The van der Waals surface area contributed by atoms with Gasteiger partial charge < -0.3 is 19.3 Å². The van der Waals surface area contributed by atoms with E-state index in [4.69, 9.17) is 4.42 Å². The van der Waals surface area contributed by atoms with Gasteiger partial charge in [0.25, 0.3) is 6.01 Å². The van der Waals surface area contributed by atoms with Gasteiger partial charge >= 0.3 is 0 Å². The number of allylic oxidation sites excluding steroid dienone is 1. The molecule has 2 aliphatic heterocycles. The first-order valence-electron chi connectivity index (χ1n) is 13.5. The van der Waals surface area contributed by atoms with Gasteiger partial charge in [0, 0.05) is 43.2 Å². The number of piperidine rings is 2. The molecule has 3 unspecified atom stereocenters. The van der Waals surface area contributed by atoms with Gasteiger partial charge in [0.1, 0.15) is 11.6 Å². The predicted octanol–water partition coefficient (Wildman–Crippen LogP) is 5.78. The van der Waals surface area contributed by atoms with Crippen LogP contribution < -0.4 is 4.90 Å². The minimum atomic E-state index is -0.819. The molecule has 3 aliphatic rings. The Bertz CT molecular complexity index is 1380. The van der Waals surface area contributed by atoms with Gasteiger partial charge in [-0.15, -0.1) is 0 Å². The maximum atomic E-state index is 14.1. The number of hydrogen-bond donors (Lipinski definition) is 1. The Morgan fingerprint density at radius 1 is 1.03 bits per heavy atom. The maximum absolute atomic E-state index is 14.1. The number of nitrogens with zero attached hydrogens (tertiary/aromatic N) is 3. The zero-order chi connectivity index (χ0) is 27.3. The van der Waals surface area contributed by atoms with Crippen molar-refractivity contribution in [3.8, 4) is 11.3 Å². The highest BCUT2D eigenvalue weighted by molar-refractivity contribution is 5.66. The van der Waals surface area contributed by atoms with E-state index in [0.29, 0.717) is 37.0 Å². The number of fused-ring (bicyclic) bond motifs is 2. The van der Waals surface area contributed by atoms with Crippen LogP contribution in [0.25, 0.3) is 17.4 Å². The summed E-state index contributed by atoms with van der Waals surface area (Å²) in [4.78, 5) is 8.56. The zero-order valence-electron chi connectivity index (χ0n) is 21.7. The lowest BCUT2D eigenvalue weighted by Crippen LogP contribution is -2.50. The monoisotopic (exact) mass is 541 g/mol. The molecule has 1 aromatic heterocycles. The van der Waals surface area contributed by atoms with E-state index in [-0.39, 0.29) is 17.3 Å². The van der Waals surface area contributed by atoms with Crippen molar-refractivity contribution in [1.82, 2.24) is 9.88 Å². The van der Waals surface area contributed by atoms with Crippen molar-refractivity contribution < 1.29 is 27.1 Å². The smallest absolute Gasteiger partial charge is 0.297 e. The average molecular weight is 542 g/mol. The molecule has 6 rings (SSSR count).